The molecule has 0 N–H and O–H groups in total. The summed E-state index contributed by atoms with van der Waals surface area (Å²) in [7, 11) is 0. The Morgan fingerprint density at radius 3 is 2.81 bits per heavy atom. The van der Waals surface area contributed by atoms with Crippen molar-refractivity contribution < 1.29 is 0 Å². The van der Waals surface area contributed by atoms with Gasteiger partial charge in [0.15, 0.2) is 0 Å². The number of hydrogen-bond donors (Lipinski definition) is 0. The lowest BCUT2D eigenvalue weighted by molar-refractivity contribution is 0.600. The second kappa shape index (κ2) is 3.78. The van der Waals surface area contributed by atoms with E-state index in [0.717, 1.165) is 5.52 Å². The maximum Gasteiger partial charge on any atom is 0.251 e. The number of rotatable bonds is 1. The minimum atomic E-state index is -0.0700. The first kappa shape index (κ1) is 10.4. The van der Waals surface area contributed by atoms with Crippen LogP contribution in [0.5, 0.6) is 0 Å². The molecule has 0 spiro atoms. The largest absolute Gasteiger partial charge is 0.304 e. The lowest BCUT2D eigenvalue weighted by atomic mass is 10.2. The van der Waals surface area contributed by atoms with Gasteiger partial charge in [0, 0.05) is 18.3 Å². The second-order valence-corrected chi connectivity index (χ2v) is 3.88. The maximum absolute atomic E-state index is 11.7. The van der Waals surface area contributed by atoms with Gasteiger partial charge in [0.05, 0.1) is 16.6 Å². The summed E-state index contributed by atoms with van der Waals surface area (Å²) in [5.41, 5.74) is 1.83. The predicted molar refractivity (Wildman–Crippen MR) is 61.1 cm³/mol. The van der Waals surface area contributed by atoms with E-state index in [9.17, 15) is 4.79 Å². The van der Waals surface area contributed by atoms with Crippen molar-refractivity contribution in [2.24, 2.45) is 0 Å². The van der Waals surface area contributed by atoms with Crippen LogP contribution in [0.4, 0.5) is 0 Å². The van der Waals surface area contributed by atoms with Gasteiger partial charge in [-0.2, -0.15) is 5.26 Å². The average Bonchev–Trinajstić information content (AvgIpc) is 2.27. The van der Waals surface area contributed by atoms with Crippen LogP contribution in [0.15, 0.2) is 29.2 Å². The van der Waals surface area contributed by atoms with E-state index in [1.54, 1.807) is 16.7 Å². The Labute approximate surface area is 92.8 Å². The highest BCUT2D eigenvalue weighted by Gasteiger charge is 2.07. The van der Waals surface area contributed by atoms with Crippen LogP contribution in [-0.4, -0.2) is 9.55 Å². The molecule has 0 radical (unpaired) electrons. The van der Waals surface area contributed by atoms with Crippen LogP contribution < -0.4 is 5.56 Å². The van der Waals surface area contributed by atoms with E-state index >= 15 is 0 Å². The van der Waals surface area contributed by atoms with Crippen molar-refractivity contribution in [3.8, 4) is 6.07 Å². The number of aromatic nitrogens is 2. The van der Waals surface area contributed by atoms with Gasteiger partial charge in [-0.05, 0) is 26.0 Å². The molecule has 0 bridgehead atoms. The normalized spacial score (nSPS) is 10.6. The molecule has 0 unspecified atom stereocenters. The lowest BCUT2D eigenvalue weighted by Gasteiger charge is -2.12. The molecule has 0 fully saturated rings. The highest BCUT2D eigenvalue weighted by molar-refractivity contribution is 5.75. The van der Waals surface area contributed by atoms with E-state index < -0.39 is 0 Å². The molecule has 0 saturated carbocycles. The summed E-state index contributed by atoms with van der Waals surface area (Å²) < 4.78 is 1.64. The highest BCUT2D eigenvalue weighted by atomic mass is 16.1. The maximum atomic E-state index is 11.7. The number of pyridine rings is 2. The Hall–Kier alpha value is -2.15. The summed E-state index contributed by atoms with van der Waals surface area (Å²) in [6.07, 6.45) is 1.51. The minimum Gasteiger partial charge on any atom is -0.304 e. The summed E-state index contributed by atoms with van der Waals surface area (Å²) in [5, 5.41) is 8.82. The molecule has 0 atom stereocenters. The first-order valence-electron chi connectivity index (χ1n) is 5.05. The van der Waals surface area contributed by atoms with Gasteiger partial charge in [-0.25, -0.2) is 0 Å². The third-order valence-electron chi connectivity index (χ3n) is 2.42. The first-order valence-corrected chi connectivity index (χ1v) is 5.05. The zero-order valence-electron chi connectivity index (χ0n) is 9.14. The fourth-order valence-electron chi connectivity index (χ4n) is 1.73. The van der Waals surface area contributed by atoms with Crippen molar-refractivity contribution in [1.82, 2.24) is 9.55 Å². The van der Waals surface area contributed by atoms with Gasteiger partial charge in [-0.3, -0.25) is 9.78 Å². The van der Waals surface area contributed by atoms with Crippen LogP contribution in [0.25, 0.3) is 11.0 Å². The summed E-state index contributed by atoms with van der Waals surface area (Å²) in [6, 6.07) is 6.95. The SMILES string of the molecule is CC(C)n1c(=O)ccc2ncc(C#N)cc21. The summed E-state index contributed by atoms with van der Waals surface area (Å²) in [4.78, 5) is 15.9. The Bertz CT molecular complexity index is 635. The molecule has 2 heterocycles. The Morgan fingerprint density at radius 1 is 1.44 bits per heavy atom. The average molecular weight is 213 g/mol. The smallest absolute Gasteiger partial charge is 0.251 e. The van der Waals surface area contributed by atoms with E-state index in [2.05, 4.69) is 4.98 Å². The zero-order valence-corrected chi connectivity index (χ0v) is 9.14. The fourth-order valence-corrected chi connectivity index (χ4v) is 1.73. The number of nitriles is 1. The second-order valence-electron chi connectivity index (χ2n) is 3.88. The van der Waals surface area contributed by atoms with Crippen molar-refractivity contribution in [2.45, 2.75) is 19.9 Å². The van der Waals surface area contributed by atoms with Gasteiger partial charge in [0.25, 0.3) is 5.56 Å². The van der Waals surface area contributed by atoms with Crippen LogP contribution in [-0.2, 0) is 0 Å². The van der Waals surface area contributed by atoms with Crippen molar-refractivity contribution in [1.29, 1.82) is 5.26 Å². The standard InChI is InChI=1S/C12H11N3O/c1-8(2)15-11-5-9(6-13)7-14-10(11)3-4-12(15)16/h3-5,7-8H,1-2H3. The predicted octanol–water partition coefficient (Wildman–Crippen LogP) is 1.85. The molecular weight excluding hydrogens is 202 g/mol. The molecule has 2 rings (SSSR count). The lowest BCUT2D eigenvalue weighted by Crippen LogP contribution is -2.21. The number of hydrogen-bond acceptors (Lipinski definition) is 3. The molecule has 0 aliphatic rings. The van der Waals surface area contributed by atoms with Crippen LogP contribution >= 0.6 is 0 Å². The molecule has 2 aromatic rings. The molecule has 0 amide bonds. The Kier molecular flexibility index (Phi) is 2.45. The van der Waals surface area contributed by atoms with Gasteiger partial charge in [0.1, 0.15) is 6.07 Å². The molecule has 0 aliphatic heterocycles. The van der Waals surface area contributed by atoms with Gasteiger partial charge in [-0.15, -0.1) is 0 Å². The topological polar surface area (TPSA) is 58.7 Å². The molecule has 80 valence electrons. The Balaban J connectivity index is 2.90. The van der Waals surface area contributed by atoms with E-state index in [1.165, 1.54) is 12.3 Å². The molecule has 4 heteroatoms. The van der Waals surface area contributed by atoms with Gasteiger partial charge >= 0.3 is 0 Å². The van der Waals surface area contributed by atoms with E-state index in [-0.39, 0.29) is 11.6 Å². The van der Waals surface area contributed by atoms with Crippen LogP contribution in [0.3, 0.4) is 0 Å². The van der Waals surface area contributed by atoms with Crippen LogP contribution in [0.2, 0.25) is 0 Å². The van der Waals surface area contributed by atoms with Gasteiger partial charge < -0.3 is 4.57 Å². The van der Waals surface area contributed by atoms with Gasteiger partial charge in [-0.1, -0.05) is 0 Å². The third-order valence-corrected chi connectivity index (χ3v) is 2.42. The minimum absolute atomic E-state index is 0.0481. The van der Waals surface area contributed by atoms with Gasteiger partial charge in [0.2, 0.25) is 0 Å². The Morgan fingerprint density at radius 2 is 2.19 bits per heavy atom. The molecule has 0 saturated heterocycles. The number of nitrogens with zero attached hydrogens (tertiary/aromatic N) is 3. The quantitative estimate of drug-likeness (QED) is 0.726. The molecule has 0 aliphatic carbocycles. The summed E-state index contributed by atoms with van der Waals surface area (Å²) >= 11 is 0. The van der Waals surface area contributed by atoms with E-state index in [0.29, 0.717) is 11.1 Å². The molecule has 4 nitrogen and oxygen atoms in total. The van der Waals surface area contributed by atoms with E-state index in [1.807, 2.05) is 19.9 Å². The summed E-state index contributed by atoms with van der Waals surface area (Å²) in [6.45, 7) is 3.86. The van der Waals surface area contributed by atoms with Crippen LogP contribution in [0.1, 0.15) is 25.5 Å². The van der Waals surface area contributed by atoms with Crippen molar-refractivity contribution in [3.63, 3.8) is 0 Å². The molecule has 16 heavy (non-hydrogen) atoms. The molecule has 0 aromatic carbocycles. The number of fused-ring (bicyclic) bond motifs is 1. The van der Waals surface area contributed by atoms with Crippen molar-refractivity contribution in [3.05, 3.63) is 40.3 Å². The van der Waals surface area contributed by atoms with E-state index in [4.69, 9.17) is 5.26 Å². The van der Waals surface area contributed by atoms with Crippen molar-refractivity contribution >= 4 is 11.0 Å². The third kappa shape index (κ3) is 1.57. The van der Waals surface area contributed by atoms with Crippen LogP contribution in [0, 0.1) is 11.3 Å². The fraction of sp³-hybridized carbons (Fsp3) is 0.250. The molecule has 2 aromatic heterocycles. The monoisotopic (exact) mass is 213 g/mol. The van der Waals surface area contributed by atoms with Crippen molar-refractivity contribution in [2.75, 3.05) is 0 Å². The molecular formula is C12H11N3O. The summed E-state index contributed by atoms with van der Waals surface area (Å²) in [5.74, 6) is 0. The zero-order chi connectivity index (χ0) is 11.7. The highest BCUT2D eigenvalue weighted by Crippen LogP contribution is 2.14. The first-order chi connectivity index (χ1) is 7.63.